The van der Waals surface area contributed by atoms with Gasteiger partial charge in [0, 0.05) is 0 Å². The van der Waals surface area contributed by atoms with E-state index in [0.29, 0.717) is 0 Å². The van der Waals surface area contributed by atoms with E-state index in [9.17, 15) is 24.4 Å². The average molecular weight is 675 g/mol. The second-order valence-corrected chi connectivity index (χ2v) is 14.6. The van der Waals surface area contributed by atoms with E-state index < -0.39 is 68.1 Å². The second-order valence-electron chi connectivity index (χ2n) is 12.9. The van der Waals surface area contributed by atoms with E-state index in [4.69, 9.17) is 33.7 Å². The summed E-state index contributed by atoms with van der Waals surface area (Å²) in [6, 6.07) is -1.10. The number of aromatic nitrogens is 4. The SMILES string of the molecule is COc1nc(N)nc2c1ncn2[C@@H]1O[C@H](COP(=O)(N[C@@H](CC(C)C)C(=O)OC(C)C)OCCC(=O)OC(C)(C)C)C(O)[C@]1(C)O. The lowest BCUT2D eigenvalue weighted by molar-refractivity contribution is -0.155. The van der Waals surface area contributed by atoms with Crippen LogP contribution in [-0.4, -0.2) is 97.6 Å². The van der Waals surface area contributed by atoms with Gasteiger partial charge >= 0.3 is 19.7 Å². The second kappa shape index (κ2) is 14.9. The topological polar surface area (TPSA) is 229 Å². The highest BCUT2D eigenvalue weighted by molar-refractivity contribution is 7.51. The maximum absolute atomic E-state index is 14.1. The molecule has 260 valence electrons. The van der Waals surface area contributed by atoms with Crippen LogP contribution in [0.25, 0.3) is 11.2 Å². The number of nitrogen functional groups attached to an aromatic ring is 1. The maximum Gasteiger partial charge on any atom is 0.406 e. The largest absolute Gasteiger partial charge is 0.479 e. The van der Waals surface area contributed by atoms with Gasteiger partial charge in [-0.25, -0.2) is 14.6 Å². The number of carbonyl (C=O) groups is 2. The van der Waals surface area contributed by atoms with Crippen LogP contribution in [0.1, 0.15) is 74.5 Å². The third-order valence-corrected chi connectivity index (χ3v) is 8.30. The zero-order valence-electron chi connectivity index (χ0n) is 27.8. The minimum atomic E-state index is -4.40. The van der Waals surface area contributed by atoms with Gasteiger partial charge in [0.05, 0.1) is 39.2 Å². The Morgan fingerprint density at radius 2 is 1.89 bits per heavy atom. The van der Waals surface area contributed by atoms with Crippen molar-refractivity contribution in [2.24, 2.45) is 5.92 Å². The molecule has 18 heteroatoms. The molecule has 0 bridgehead atoms. The van der Waals surface area contributed by atoms with E-state index in [0.717, 1.165) is 0 Å². The molecule has 6 atom stereocenters. The smallest absolute Gasteiger partial charge is 0.406 e. The van der Waals surface area contributed by atoms with Gasteiger partial charge < -0.3 is 34.9 Å². The number of methoxy groups -OCH3 is 1. The van der Waals surface area contributed by atoms with Gasteiger partial charge in [0.15, 0.2) is 17.4 Å². The first-order valence-electron chi connectivity index (χ1n) is 15.0. The summed E-state index contributed by atoms with van der Waals surface area (Å²) >= 11 is 0. The van der Waals surface area contributed by atoms with Crippen LogP contribution >= 0.6 is 7.75 Å². The monoisotopic (exact) mass is 674 g/mol. The molecule has 17 nitrogen and oxygen atoms in total. The van der Waals surface area contributed by atoms with E-state index in [1.165, 1.54) is 24.9 Å². The molecule has 0 spiro atoms. The van der Waals surface area contributed by atoms with Crippen LogP contribution in [0.5, 0.6) is 5.88 Å². The Morgan fingerprint density at radius 1 is 1.22 bits per heavy atom. The molecule has 1 aliphatic heterocycles. The Labute approximate surface area is 268 Å². The van der Waals surface area contributed by atoms with E-state index in [1.54, 1.807) is 34.6 Å². The lowest BCUT2D eigenvalue weighted by Crippen LogP contribution is -2.44. The Hall–Kier alpha value is -2.92. The van der Waals surface area contributed by atoms with Crippen molar-refractivity contribution in [1.29, 1.82) is 0 Å². The number of rotatable bonds is 15. The molecule has 0 amide bonds. The molecular formula is C28H47N6O11P. The van der Waals surface area contributed by atoms with Crippen LogP contribution in [0.3, 0.4) is 0 Å². The van der Waals surface area contributed by atoms with Crippen molar-refractivity contribution in [3.63, 3.8) is 0 Å². The van der Waals surface area contributed by atoms with E-state index in [-0.39, 0.29) is 48.4 Å². The van der Waals surface area contributed by atoms with E-state index >= 15 is 0 Å². The number of aliphatic hydroxyl groups excluding tert-OH is 1. The number of esters is 2. The molecule has 46 heavy (non-hydrogen) atoms. The Kier molecular flexibility index (Phi) is 12.1. The standard InChI is InChI=1S/C28H47N6O11P/c1-15(2)12-17(24(37)43-16(3)4)33-46(39,41-11-10-19(35)45-27(5,6)7)42-13-18-21(36)28(8,38)25(44-18)34-14-30-20-22(34)31-26(29)32-23(20)40-9/h14-18,21,25,36,38H,10-13H2,1-9H3,(H,33,39)(H2,29,31,32)/t17-,18+,21?,25+,28-,46?/m0/s1. The number of hydrogen-bond donors (Lipinski definition) is 4. The van der Waals surface area contributed by atoms with Gasteiger partial charge in [-0.05, 0) is 53.9 Å². The lowest BCUT2D eigenvalue weighted by atomic mass is 9.96. The third kappa shape index (κ3) is 9.56. The summed E-state index contributed by atoms with van der Waals surface area (Å²) in [6.07, 6.45) is -3.25. The fourth-order valence-electron chi connectivity index (χ4n) is 4.70. The zero-order chi connectivity index (χ0) is 34.6. The predicted molar refractivity (Wildman–Crippen MR) is 164 cm³/mol. The highest BCUT2D eigenvalue weighted by Gasteiger charge is 2.54. The molecule has 0 saturated carbocycles. The van der Waals surface area contributed by atoms with Crippen LogP contribution in [-0.2, 0) is 37.4 Å². The highest BCUT2D eigenvalue weighted by atomic mass is 31.2. The van der Waals surface area contributed by atoms with Crippen molar-refractivity contribution in [1.82, 2.24) is 24.6 Å². The van der Waals surface area contributed by atoms with Crippen molar-refractivity contribution in [2.75, 3.05) is 26.1 Å². The Morgan fingerprint density at radius 3 is 2.48 bits per heavy atom. The first kappa shape index (κ1) is 37.5. The Balaban J connectivity index is 1.85. The van der Waals surface area contributed by atoms with E-state index in [2.05, 4.69) is 20.0 Å². The zero-order valence-corrected chi connectivity index (χ0v) is 28.6. The van der Waals surface area contributed by atoms with E-state index in [1.807, 2.05) is 13.8 Å². The Bertz CT molecular complexity index is 1410. The first-order valence-corrected chi connectivity index (χ1v) is 16.5. The number of hydrogen-bond acceptors (Lipinski definition) is 15. The van der Waals surface area contributed by atoms with Crippen LogP contribution in [0.4, 0.5) is 5.95 Å². The molecule has 3 heterocycles. The summed E-state index contributed by atoms with van der Waals surface area (Å²) < 4.78 is 48.6. The summed E-state index contributed by atoms with van der Waals surface area (Å²) in [5.41, 5.74) is 3.56. The molecular weight excluding hydrogens is 627 g/mol. The quantitative estimate of drug-likeness (QED) is 0.157. The normalized spacial score (nSPS) is 23.9. The molecule has 1 fully saturated rings. The fourth-order valence-corrected chi connectivity index (χ4v) is 6.19. The van der Waals surface area contributed by atoms with Gasteiger partial charge in [-0.3, -0.25) is 23.2 Å². The number of ether oxygens (including phenoxy) is 4. The van der Waals surface area contributed by atoms with Crippen molar-refractivity contribution in [2.45, 2.75) is 110 Å². The molecule has 0 aromatic carbocycles. The molecule has 0 aliphatic carbocycles. The molecule has 3 rings (SSSR count). The number of nitrogens with two attached hydrogens (primary N) is 1. The predicted octanol–water partition coefficient (Wildman–Crippen LogP) is 2.26. The molecule has 5 N–H and O–H groups in total. The molecule has 1 saturated heterocycles. The number of carbonyl (C=O) groups excluding carboxylic acids is 2. The molecule has 2 aromatic heterocycles. The van der Waals surface area contributed by atoms with Gasteiger partial charge in [0.2, 0.25) is 11.8 Å². The number of fused-ring (bicyclic) bond motifs is 1. The van der Waals surface area contributed by atoms with Gasteiger partial charge in [0.1, 0.15) is 29.5 Å². The summed E-state index contributed by atoms with van der Waals surface area (Å²) in [6.45, 7) is 12.6. The minimum absolute atomic E-state index is 0.0234. The summed E-state index contributed by atoms with van der Waals surface area (Å²) in [5, 5.41) is 25.1. The van der Waals surface area contributed by atoms with Crippen molar-refractivity contribution in [3.8, 4) is 5.88 Å². The number of aliphatic hydroxyl groups is 2. The van der Waals surface area contributed by atoms with Gasteiger partial charge in [0.25, 0.3) is 0 Å². The van der Waals surface area contributed by atoms with Crippen LogP contribution < -0.4 is 15.6 Å². The van der Waals surface area contributed by atoms with Crippen LogP contribution in [0, 0.1) is 5.92 Å². The minimum Gasteiger partial charge on any atom is -0.479 e. The van der Waals surface area contributed by atoms with Gasteiger partial charge in [-0.2, -0.15) is 9.97 Å². The van der Waals surface area contributed by atoms with Gasteiger partial charge in [-0.15, -0.1) is 0 Å². The van der Waals surface area contributed by atoms with Crippen molar-refractivity contribution < 1.29 is 52.4 Å². The van der Waals surface area contributed by atoms with Crippen LogP contribution in [0.2, 0.25) is 0 Å². The molecule has 0 radical (unpaired) electrons. The maximum atomic E-state index is 14.1. The summed E-state index contributed by atoms with van der Waals surface area (Å²) in [7, 11) is -3.01. The van der Waals surface area contributed by atoms with Crippen molar-refractivity contribution >= 4 is 36.8 Å². The number of anilines is 1. The van der Waals surface area contributed by atoms with Crippen molar-refractivity contribution in [3.05, 3.63) is 6.33 Å². The molecule has 2 unspecified atom stereocenters. The first-order chi connectivity index (χ1) is 21.3. The molecule has 1 aliphatic rings. The lowest BCUT2D eigenvalue weighted by Gasteiger charge is -2.28. The number of imidazole rings is 1. The number of nitrogens with zero attached hydrogens (tertiary/aromatic N) is 4. The van der Waals surface area contributed by atoms with Gasteiger partial charge in [-0.1, -0.05) is 13.8 Å². The van der Waals surface area contributed by atoms with Crippen LogP contribution in [0.15, 0.2) is 6.33 Å². The molecule has 2 aromatic rings. The fraction of sp³-hybridized carbons (Fsp3) is 0.750. The average Bonchev–Trinajstić information content (AvgIpc) is 3.42. The summed E-state index contributed by atoms with van der Waals surface area (Å²) in [5.74, 6) is -1.32. The number of nitrogens with one attached hydrogen (secondary N) is 1. The summed E-state index contributed by atoms with van der Waals surface area (Å²) in [4.78, 5) is 37.6. The highest BCUT2D eigenvalue weighted by Crippen LogP contribution is 2.47. The third-order valence-electron chi connectivity index (χ3n) is 6.66.